The van der Waals surface area contributed by atoms with E-state index in [2.05, 4.69) is 25.5 Å². The van der Waals surface area contributed by atoms with Gasteiger partial charge in [0.15, 0.2) is 0 Å². The first kappa shape index (κ1) is 26.0. The Labute approximate surface area is 228 Å². The fourth-order valence-electron chi connectivity index (χ4n) is 4.58. The zero-order valence-electron chi connectivity index (χ0n) is 21.1. The maximum atomic E-state index is 12.5. The minimum Gasteiger partial charge on any atom is -0.497 e. The number of ether oxygens (including phenoxy) is 2. The van der Waals surface area contributed by atoms with Crippen molar-refractivity contribution in [3.8, 4) is 11.5 Å². The van der Waals surface area contributed by atoms with Gasteiger partial charge in [-0.25, -0.2) is 4.79 Å². The summed E-state index contributed by atoms with van der Waals surface area (Å²) in [6.07, 6.45) is 3.45. The van der Waals surface area contributed by atoms with Gasteiger partial charge in [-0.05, 0) is 54.7 Å². The number of carbonyl (C=O) groups excluding carboxylic acids is 2. The molecule has 38 heavy (non-hydrogen) atoms. The highest BCUT2D eigenvalue weighted by Crippen LogP contribution is 2.42. The zero-order valence-corrected chi connectivity index (χ0v) is 22.7. The van der Waals surface area contributed by atoms with Crippen molar-refractivity contribution >= 4 is 50.3 Å². The van der Waals surface area contributed by atoms with Crippen molar-refractivity contribution in [1.82, 2.24) is 20.2 Å². The number of methoxy groups -OCH3 is 2. The molecular formula is C27H28N5O4S2+. The molecule has 0 saturated heterocycles. The monoisotopic (exact) mass is 550 g/mol. The summed E-state index contributed by atoms with van der Waals surface area (Å²) >= 11 is 2.98. The van der Waals surface area contributed by atoms with Crippen LogP contribution in [0.2, 0.25) is 0 Å². The van der Waals surface area contributed by atoms with Crippen LogP contribution in [0.15, 0.2) is 48.5 Å². The van der Waals surface area contributed by atoms with Crippen LogP contribution in [-0.4, -0.2) is 46.4 Å². The lowest BCUT2D eigenvalue weighted by Gasteiger charge is -2.10. The molecule has 9 nitrogen and oxygen atoms in total. The fourth-order valence-corrected chi connectivity index (χ4v) is 6.38. The number of aromatic nitrogens is 2. The number of hydrogen-bond acceptors (Lipinski definition) is 8. The van der Waals surface area contributed by atoms with Crippen molar-refractivity contribution in [2.45, 2.75) is 38.0 Å². The molecule has 1 saturated carbocycles. The maximum absolute atomic E-state index is 12.5. The lowest BCUT2D eigenvalue weighted by atomic mass is 10.1. The number of carbonyl (C=O) groups is 2. The quantitative estimate of drug-likeness (QED) is 0.392. The van der Waals surface area contributed by atoms with Crippen molar-refractivity contribution in [3.63, 3.8) is 0 Å². The highest BCUT2D eigenvalue weighted by Gasteiger charge is 2.40. The summed E-state index contributed by atoms with van der Waals surface area (Å²) in [5, 5.41) is 17.4. The van der Waals surface area contributed by atoms with Gasteiger partial charge in [-0.3, -0.25) is 4.79 Å². The number of hydrogen-bond donors (Lipinski definition) is 2. The van der Waals surface area contributed by atoms with Crippen LogP contribution in [0.1, 0.15) is 41.3 Å². The zero-order chi connectivity index (χ0) is 26.5. The van der Waals surface area contributed by atoms with Crippen LogP contribution in [0.3, 0.4) is 0 Å². The molecule has 196 valence electrons. The first-order valence-electron chi connectivity index (χ1n) is 12.3. The summed E-state index contributed by atoms with van der Waals surface area (Å²) < 4.78 is 15.0. The first-order valence-corrected chi connectivity index (χ1v) is 13.9. The largest absolute Gasteiger partial charge is 0.497 e. The third kappa shape index (κ3) is 6.42. The molecule has 1 aliphatic carbocycles. The Morgan fingerprint density at radius 2 is 1.53 bits per heavy atom. The predicted molar refractivity (Wildman–Crippen MR) is 150 cm³/mol. The van der Waals surface area contributed by atoms with E-state index in [1.807, 2.05) is 48.5 Å². The molecule has 2 aliphatic rings. The van der Waals surface area contributed by atoms with E-state index >= 15 is 0 Å². The number of anilines is 1. The molecule has 2 amide bonds. The van der Waals surface area contributed by atoms with Crippen molar-refractivity contribution in [2.75, 3.05) is 19.5 Å². The first-order chi connectivity index (χ1) is 18.5. The van der Waals surface area contributed by atoms with Gasteiger partial charge in [0.2, 0.25) is 11.0 Å². The molecular weight excluding hydrogens is 522 g/mol. The molecule has 2 aromatic carbocycles. The van der Waals surface area contributed by atoms with Gasteiger partial charge in [-0.1, -0.05) is 35.6 Å². The number of amidine groups is 1. The van der Waals surface area contributed by atoms with Crippen LogP contribution in [-0.2, 0) is 22.4 Å². The summed E-state index contributed by atoms with van der Waals surface area (Å²) in [6, 6.07) is 14.9. The van der Waals surface area contributed by atoms with Crippen LogP contribution in [0, 0.1) is 5.92 Å². The lowest BCUT2D eigenvalue weighted by Crippen LogP contribution is -2.38. The average molecular weight is 551 g/mol. The number of thioether (sulfide) groups is 1. The van der Waals surface area contributed by atoms with Gasteiger partial charge in [0.1, 0.15) is 16.5 Å². The van der Waals surface area contributed by atoms with E-state index in [4.69, 9.17) is 9.47 Å². The van der Waals surface area contributed by atoms with E-state index in [-0.39, 0.29) is 30.6 Å². The molecule has 0 bridgehead atoms. The summed E-state index contributed by atoms with van der Waals surface area (Å²) in [6.45, 7) is 0. The molecule has 2 atom stereocenters. The van der Waals surface area contributed by atoms with Gasteiger partial charge >= 0.3 is 11.1 Å². The third-order valence-electron chi connectivity index (χ3n) is 6.48. The van der Waals surface area contributed by atoms with E-state index in [9.17, 15) is 9.59 Å². The molecule has 1 aliphatic heterocycles. The predicted octanol–water partition coefficient (Wildman–Crippen LogP) is 3.55. The van der Waals surface area contributed by atoms with E-state index in [1.165, 1.54) is 11.3 Å². The standard InChI is InChI=1S/C27H27N5O4S2/c1-35-20-7-3-5-16(11-20)13-22(33)28-26-30-24(37-26)18-9-10-19(15-18)25-31-32-27(38-25)29-23(34)14-17-6-4-8-21(12-17)36-2/h3-8,11-12,18-19H,9-10,13-15H2,1-2H3,(H,29,32,34)/p+1. The Morgan fingerprint density at radius 1 is 0.921 bits per heavy atom. The van der Waals surface area contributed by atoms with Crippen LogP contribution in [0.4, 0.5) is 5.13 Å². The fraction of sp³-hybridized carbons (Fsp3) is 0.333. The van der Waals surface area contributed by atoms with Crippen LogP contribution >= 0.6 is 23.1 Å². The second-order valence-electron chi connectivity index (χ2n) is 9.16. The van der Waals surface area contributed by atoms with Crippen LogP contribution in [0.25, 0.3) is 0 Å². The number of nitrogens with one attached hydrogen (secondary N) is 2. The van der Waals surface area contributed by atoms with Gasteiger partial charge in [-0.2, -0.15) is 9.98 Å². The summed E-state index contributed by atoms with van der Waals surface area (Å²) in [4.78, 5) is 24.9. The van der Waals surface area contributed by atoms with Crippen LogP contribution in [0.5, 0.6) is 11.5 Å². The number of rotatable bonds is 9. The summed E-state index contributed by atoms with van der Waals surface area (Å²) in [5.41, 5.74) is 1.76. The van der Waals surface area contributed by atoms with Gasteiger partial charge in [0, 0.05) is 11.8 Å². The molecule has 1 fully saturated rings. The van der Waals surface area contributed by atoms with Crippen LogP contribution < -0.4 is 24.8 Å². The minimum absolute atomic E-state index is 0.0947. The topological polar surface area (TPSA) is 117 Å². The van der Waals surface area contributed by atoms with Crippen molar-refractivity contribution in [3.05, 3.63) is 64.7 Å². The van der Waals surface area contributed by atoms with E-state index in [0.29, 0.717) is 16.2 Å². The Bertz CT molecular complexity index is 1420. The maximum Gasteiger partial charge on any atom is 0.421 e. The summed E-state index contributed by atoms with van der Waals surface area (Å²) in [7, 11) is 3.21. The molecule has 2 heterocycles. The SMILES string of the molecule is COc1cccc(CC(=O)NC2=[N+]=C(C3CCC(c4nnc(NC(=O)Cc5cccc(OC)c5)s4)C3)S2)c1. The van der Waals surface area contributed by atoms with Crippen molar-refractivity contribution in [2.24, 2.45) is 5.92 Å². The molecule has 11 heteroatoms. The van der Waals surface area contributed by atoms with Crippen molar-refractivity contribution < 1.29 is 19.1 Å². The smallest absolute Gasteiger partial charge is 0.421 e. The van der Waals surface area contributed by atoms with Crippen molar-refractivity contribution in [1.29, 1.82) is 0 Å². The van der Waals surface area contributed by atoms with E-state index < -0.39 is 0 Å². The molecule has 5 rings (SSSR count). The second kappa shape index (κ2) is 11.8. The molecule has 2 N–H and O–H groups in total. The van der Waals surface area contributed by atoms with E-state index in [1.54, 1.807) is 26.0 Å². The molecule has 2 unspecified atom stereocenters. The third-order valence-corrected chi connectivity index (χ3v) is 8.50. The average Bonchev–Trinajstić information content (AvgIpc) is 3.56. The number of amides is 2. The molecule has 3 aromatic rings. The Kier molecular flexibility index (Phi) is 8.07. The number of nitrogens with zero attached hydrogens (tertiary/aromatic N) is 3. The highest BCUT2D eigenvalue weighted by atomic mass is 32.2. The lowest BCUT2D eigenvalue weighted by molar-refractivity contribution is -0.119. The normalized spacial score (nSPS) is 18.2. The minimum atomic E-state index is -0.137. The Morgan fingerprint density at radius 3 is 2.16 bits per heavy atom. The van der Waals surface area contributed by atoms with E-state index in [0.717, 1.165) is 51.9 Å². The molecule has 0 radical (unpaired) electrons. The Balaban J connectivity index is 1.11. The van der Waals surface area contributed by atoms with Gasteiger partial charge in [-0.15, -0.1) is 10.2 Å². The summed E-state index contributed by atoms with van der Waals surface area (Å²) in [5.74, 6) is 1.86. The van der Waals surface area contributed by atoms with Gasteiger partial charge < -0.3 is 14.8 Å². The van der Waals surface area contributed by atoms with Gasteiger partial charge in [0.05, 0.1) is 38.8 Å². The number of benzene rings is 2. The van der Waals surface area contributed by atoms with Gasteiger partial charge in [0.25, 0.3) is 5.04 Å². The molecule has 1 aromatic heterocycles. The second-order valence-corrected chi connectivity index (χ2v) is 11.2. The Hall–Kier alpha value is -3.66. The highest BCUT2D eigenvalue weighted by molar-refractivity contribution is 8.28. The molecule has 0 spiro atoms.